The van der Waals surface area contributed by atoms with E-state index in [4.69, 9.17) is 4.74 Å². The quantitative estimate of drug-likeness (QED) is 0.713. The molecule has 1 aromatic carbocycles. The topological polar surface area (TPSA) is 55.4 Å². The van der Waals surface area contributed by atoms with Crippen LogP contribution in [0.3, 0.4) is 0 Å². The summed E-state index contributed by atoms with van der Waals surface area (Å²) in [4.78, 5) is 0. The molecule has 0 saturated heterocycles. The molecule has 4 nitrogen and oxygen atoms in total. The van der Waals surface area contributed by atoms with E-state index >= 15 is 0 Å². The second-order valence-electron chi connectivity index (χ2n) is 6.23. The van der Waals surface area contributed by atoms with E-state index in [9.17, 15) is 8.42 Å². The highest BCUT2D eigenvalue weighted by molar-refractivity contribution is 7.89. The summed E-state index contributed by atoms with van der Waals surface area (Å²) in [7, 11) is -3.32. The van der Waals surface area contributed by atoms with Crippen molar-refractivity contribution in [2.75, 3.05) is 19.0 Å². The second kappa shape index (κ2) is 7.92. The Morgan fingerprint density at radius 2 is 1.81 bits per heavy atom. The fourth-order valence-corrected chi connectivity index (χ4v) is 3.52. The Morgan fingerprint density at radius 3 is 2.38 bits per heavy atom. The van der Waals surface area contributed by atoms with Gasteiger partial charge in [0.1, 0.15) is 0 Å². The lowest BCUT2D eigenvalue weighted by Crippen LogP contribution is -2.42. The third-order valence-corrected chi connectivity index (χ3v) is 4.71. The van der Waals surface area contributed by atoms with Crippen LogP contribution < -0.4 is 4.72 Å². The van der Waals surface area contributed by atoms with Gasteiger partial charge in [-0.05, 0) is 31.7 Å². The molecule has 0 unspecified atom stereocenters. The van der Waals surface area contributed by atoms with E-state index in [0.29, 0.717) is 25.6 Å². The summed E-state index contributed by atoms with van der Waals surface area (Å²) in [6, 6.07) is 9.58. The molecule has 0 aromatic heterocycles. The molecule has 0 heterocycles. The molecule has 0 radical (unpaired) electrons. The lowest BCUT2D eigenvalue weighted by atomic mass is 9.96. The molecule has 5 heteroatoms. The zero-order chi connectivity index (χ0) is 15.9. The average molecular weight is 313 g/mol. The molecule has 0 amide bonds. The molecular weight excluding hydrogens is 286 g/mol. The highest BCUT2D eigenvalue weighted by atomic mass is 32.2. The largest absolute Gasteiger partial charge is 0.381 e. The first-order valence-electron chi connectivity index (χ1n) is 7.38. The number of nitrogens with one attached hydrogen (secondary N) is 1. The Bertz CT molecular complexity index is 510. The van der Waals surface area contributed by atoms with Gasteiger partial charge in [0.2, 0.25) is 10.0 Å². The molecule has 0 saturated carbocycles. The van der Waals surface area contributed by atoms with E-state index < -0.39 is 15.6 Å². The first-order chi connectivity index (χ1) is 9.73. The van der Waals surface area contributed by atoms with Crippen molar-refractivity contribution in [3.05, 3.63) is 35.9 Å². The summed E-state index contributed by atoms with van der Waals surface area (Å²) in [5.74, 6) is 0.554. The minimum absolute atomic E-state index is 0.0847. The third-order valence-electron chi connectivity index (χ3n) is 3.06. The van der Waals surface area contributed by atoms with Gasteiger partial charge in [0, 0.05) is 13.2 Å². The van der Waals surface area contributed by atoms with Crippen molar-refractivity contribution >= 4 is 10.0 Å². The fourth-order valence-electron chi connectivity index (χ4n) is 2.02. The molecule has 0 aliphatic carbocycles. The van der Waals surface area contributed by atoms with E-state index in [0.717, 1.165) is 5.56 Å². The smallest absolute Gasteiger partial charge is 0.212 e. The van der Waals surface area contributed by atoms with Crippen LogP contribution in [-0.4, -0.2) is 27.4 Å². The number of hydrogen-bond donors (Lipinski definition) is 1. The maximum absolute atomic E-state index is 12.1. The number of rotatable bonds is 9. The van der Waals surface area contributed by atoms with Gasteiger partial charge in [-0.25, -0.2) is 13.1 Å². The van der Waals surface area contributed by atoms with Crippen molar-refractivity contribution < 1.29 is 13.2 Å². The molecular formula is C16H27NO3S. The highest BCUT2D eigenvalue weighted by Crippen LogP contribution is 2.20. The standard InChI is InChI=1S/C16H27NO3S/c1-14(2)13-20-11-8-12-21(18,19)17-16(3,4)15-9-6-5-7-10-15/h5-7,9-10,14,17H,8,11-13H2,1-4H3. The molecule has 0 fully saturated rings. The molecule has 0 bridgehead atoms. The molecule has 0 spiro atoms. The number of benzene rings is 1. The fraction of sp³-hybridized carbons (Fsp3) is 0.625. The SMILES string of the molecule is CC(C)COCCCS(=O)(=O)NC(C)(C)c1ccccc1. The van der Waals surface area contributed by atoms with Gasteiger partial charge in [0.25, 0.3) is 0 Å². The van der Waals surface area contributed by atoms with Gasteiger partial charge >= 0.3 is 0 Å². The average Bonchev–Trinajstić information content (AvgIpc) is 2.37. The van der Waals surface area contributed by atoms with E-state index in [2.05, 4.69) is 18.6 Å². The van der Waals surface area contributed by atoms with Crippen molar-refractivity contribution in [1.29, 1.82) is 0 Å². The maximum Gasteiger partial charge on any atom is 0.212 e. The number of ether oxygens (including phenoxy) is 1. The van der Waals surface area contributed by atoms with Gasteiger partial charge in [-0.15, -0.1) is 0 Å². The van der Waals surface area contributed by atoms with Crippen molar-refractivity contribution in [3.8, 4) is 0 Å². The van der Waals surface area contributed by atoms with Crippen LogP contribution in [0.2, 0.25) is 0 Å². The zero-order valence-electron chi connectivity index (χ0n) is 13.4. The van der Waals surface area contributed by atoms with E-state index in [1.54, 1.807) is 0 Å². The predicted octanol–water partition coefficient (Wildman–Crippen LogP) is 2.90. The predicted molar refractivity (Wildman–Crippen MR) is 86.7 cm³/mol. The Labute approximate surface area is 129 Å². The first kappa shape index (κ1) is 18.1. The molecule has 1 N–H and O–H groups in total. The van der Waals surface area contributed by atoms with Crippen LogP contribution in [0.25, 0.3) is 0 Å². The van der Waals surface area contributed by atoms with Crippen LogP contribution >= 0.6 is 0 Å². The summed E-state index contributed by atoms with van der Waals surface area (Å²) in [5.41, 5.74) is 0.337. The Balaban J connectivity index is 2.48. The summed E-state index contributed by atoms with van der Waals surface area (Å²) >= 11 is 0. The molecule has 120 valence electrons. The van der Waals surface area contributed by atoms with Crippen molar-refractivity contribution in [3.63, 3.8) is 0 Å². The van der Waals surface area contributed by atoms with Crippen LogP contribution in [0, 0.1) is 5.92 Å². The van der Waals surface area contributed by atoms with Crippen molar-refractivity contribution in [1.82, 2.24) is 4.72 Å². The van der Waals surface area contributed by atoms with Gasteiger partial charge < -0.3 is 4.74 Å². The molecule has 0 atom stereocenters. The van der Waals surface area contributed by atoms with E-state index in [1.807, 2.05) is 44.2 Å². The van der Waals surface area contributed by atoms with Crippen molar-refractivity contribution in [2.45, 2.75) is 39.7 Å². The third kappa shape index (κ3) is 7.07. The summed E-state index contributed by atoms with van der Waals surface area (Å²) in [6.07, 6.45) is 0.507. The molecule has 1 aromatic rings. The van der Waals surface area contributed by atoms with E-state index in [-0.39, 0.29) is 5.75 Å². The first-order valence-corrected chi connectivity index (χ1v) is 9.03. The minimum Gasteiger partial charge on any atom is -0.381 e. The van der Waals surface area contributed by atoms with Crippen LogP contribution in [0.4, 0.5) is 0 Å². The van der Waals surface area contributed by atoms with Gasteiger partial charge in [0.15, 0.2) is 0 Å². The summed E-state index contributed by atoms with van der Waals surface area (Å²) < 4.78 is 32.5. The summed E-state index contributed by atoms with van der Waals surface area (Å²) in [6.45, 7) is 9.03. The monoisotopic (exact) mass is 313 g/mol. The normalized spacial score (nSPS) is 12.8. The van der Waals surface area contributed by atoms with Gasteiger partial charge in [-0.3, -0.25) is 0 Å². The lowest BCUT2D eigenvalue weighted by Gasteiger charge is -2.26. The van der Waals surface area contributed by atoms with Crippen molar-refractivity contribution in [2.24, 2.45) is 5.92 Å². The van der Waals surface area contributed by atoms with Crippen LogP contribution in [0.15, 0.2) is 30.3 Å². The number of sulfonamides is 1. The molecule has 0 aliphatic heterocycles. The Kier molecular flexibility index (Phi) is 6.84. The van der Waals surface area contributed by atoms with Gasteiger partial charge in [-0.1, -0.05) is 44.2 Å². The second-order valence-corrected chi connectivity index (χ2v) is 8.08. The van der Waals surface area contributed by atoms with Gasteiger partial charge in [-0.2, -0.15) is 0 Å². The molecule has 1 rings (SSSR count). The highest BCUT2D eigenvalue weighted by Gasteiger charge is 2.26. The van der Waals surface area contributed by atoms with E-state index in [1.165, 1.54) is 0 Å². The molecule has 21 heavy (non-hydrogen) atoms. The zero-order valence-corrected chi connectivity index (χ0v) is 14.2. The Hall–Kier alpha value is -0.910. The minimum atomic E-state index is -3.32. The lowest BCUT2D eigenvalue weighted by molar-refractivity contribution is 0.111. The number of hydrogen-bond acceptors (Lipinski definition) is 3. The van der Waals surface area contributed by atoms with Crippen LogP contribution in [0.1, 0.15) is 39.7 Å². The summed E-state index contributed by atoms with van der Waals surface area (Å²) in [5, 5.41) is 0. The van der Waals surface area contributed by atoms with Gasteiger partial charge in [0.05, 0.1) is 11.3 Å². The molecule has 0 aliphatic rings. The van der Waals surface area contributed by atoms with Crippen LogP contribution in [0.5, 0.6) is 0 Å². The Morgan fingerprint density at radius 1 is 1.19 bits per heavy atom. The van der Waals surface area contributed by atoms with Crippen LogP contribution in [-0.2, 0) is 20.3 Å². The maximum atomic E-state index is 12.1.